The monoisotopic (exact) mass is 404 g/mol. The van der Waals surface area contributed by atoms with Crippen LogP contribution in [-0.2, 0) is 16.6 Å². The minimum atomic E-state index is -3.56. The molecule has 0 atom stereocenters. The van der Waals surface area contributed by atoms with Gasteiger partial charge in [0.1, 0.15) is 5.52 Å². The molecule has 0 radical (unpaired) electrons. The number of anilines is 2. The number of hydrogen-bond donors (Lipinski definition) is 3. The molecule has 0 fully saturated rings. The van der Waals surface area contributed by atoms with E-state index in [4.69, 9.17) is 0 Å². The van der Waals surface area contributed by atoms with Crippen molar-refractivity contribution in [3.8, 4) is 0 Å². The van der Waals surface area contributed by atoms with Crippen LogP contribution in [0, 0.1) is 0 Å². The second-order valence-corrected chi connectivity index (χ2v) is 8.29. The molecule has 28 heavy (non-hydrogen) atoms. The van der Waals surface area contributed by atoms with Crippen molar-refractivity contribution in [3.63, 3.8) is 0 Å². The standard InChI is InChI=1S/C18H24N6O3S/c1-3-10-19-15-14-16(22-17(21-15)23-28(26,27)11-4-2)24(18(25)20-14)12-13-8-6-5-7-9-13/h5-9H,3-4,10-12H2,1-2H3,(H,20,25)(H2,19,21,22,23). The Morgan fingerprint density at radius 2 is 1.86 bits per heavy atom. The highest BCUT2D eigenvalue weighted by atomic mass is 32.2. The number of sulfonamides is 1. The molecule has 0 saturated carbocycles. The lowest BCUT2D eigenvalue weighted by atomic mass is 10.2. The molecule has 2 aromatic heterocycles. The molecule has 9 nitrogen and oxygen atoms in total. The van der Waals surface area contributed by atoms with Crippen molar-refractivity contribution in [2.75, 3.05) is 22.3 Å². The average Bonchev–Trinajstić information content (AvgIpc) is 2.96. The van der Waals surface area contributed by atoms with Crippen LogP contribution in [0.15, 0.2) is 35.1 Å². The molecule has 3 aromatic rings. The number of nitrogens with one attached hydrogen (secondary N) is 3. The number of imidazole rings is 1. The van der Waals surface area contributed by atoms with E-state index in [0.29, 0.717) is 36.5 Å². The predicted molar refractivity (Wildman–Crippen MR) is 110 cm³/mol. The summed E-state index contributed by atoms with van der Waals surface area (Å²) < 4.78 is 28.2. The summed E-state index contributed by atoms with van der Waals surface area (Å²) in [6, 6.07) is 9.50. The number of rotatable bonds is 9. The number of benzene rings is 1. The van der Waals surface area contributed by atoms with E-state index in [1.807, 2.05) is 37.3 Å². The molecule has 0 saturated heterocycles. The fraction of sp³-hybridized carbons (Fsp3) is 0.389. The van der Waals surface area contributed by atoms with Crippen molar-refractivity contribution in [2.45, 2.75) is 33.2 Å². The molecule has 2 heterocycles. The first-order chi connectivity index (χ1) is 13.4. The van der Waals surface area contributed by atoms with Crippen molar-refractivity contribution in [1.29, 1.82) is 0 Å². The summed E-state index contributed by atoms with van der Waals surface area (Å²) in [6.07, 6.45) is 1.32. The van der Waals surface area contributed by atoms with Crippen LogP contribution in [0.25, 0.3) is 11.2 Å². The molecule has 150 valence electrons. The first kappa shape index (κ1) is 19.9. The number of aromatic nitrogens is 4. The summed E-state index contributed by atoms with van der Waals surface area (Å²) in [5, 5.41) is 3.13. The normalized spacial score (nSPS) is 11.6. The van der Waals surface area contributed by atoms with Gasteiger partial charge in [0.2, 0.25) is 16.0 Å². The van der Waals surface area contributed by atoms with Crippen molar-refractivity contribution in [1.82, 2.24) is 19.5 Å². The van der Waals surface area contributed by atoms with Gasteiger partial charge in [-0.05, 0) is 18.4 Å². The van der Waals surface area contributed by atoms with Gasteiger partial charge in [-0.1, -0.05) is 44.2 Å². The van der Waals surface area contributed by atoms with Crippen LogP contribution in [-0.4, -0.2) is 40.2 Å². The summed E-state index contributed by atoms with van der Waals surface area (Å²) in [6.45, 7) is 4.71. The Morgan fingerprint density at radius 3 is 2.54 bits per heavy atom. The Hall–Kier alpha value is -2.88. The quantitative estimate of drug-likeness (QED) is 0.502. The number of fused-ring (bicyclic) bond motifs is 1. The zero-order chi connectivity index (χ0) is 20.1. The molecule has 10 heteroatoms. The van der Waals surface area contributed by atoms with Gasteiger partial charge in [0.05, 0.1) is 12.3 Å². The second-order valence-electron chi connectivity index (χ2n) is 6.44. The minimum Gasteiger partial charge on any atom is -0.368 e. The molecule has 0 aliphatic rings. The molecule has 3 N–H and O–H groups in total. The molecule has 0 unspecified atom stereocenters. The van der Waals surface area contributed by atoms with Gasteiger partial charge in [-0.25, -0.2) is 13.2 Å². The number of H-pyrrole nitrogens is 1. The van der Waals surface area contributed by atoms with Crippen LogP contribution >= 0.6 is 0 Å². The van der Waals surface area contributed by atoms with Gasteiger partial charge in [0.15, 0.2) is 11.5 Å². The van der Waals surface area contributed by atoms with E-state index in [1.165, 1.54) is 4.57 Å². The van der Waals surface area contributed by atoms with Crippen LogP contribution in [0.4, 0.5) is 11.8 Å². The van der Waals surface area contributed by atoms with Gasteiger partial charge in [-0.15, -0.1) is 0 Å². The summed E-state index contributed by atoms with van der Waals surface area (Å²) >= 11 is 0. The first-order valence-electron chi connectivity index (χ1n) is 9.22. The second kappa shape index (κ2) is 8.42. The minimum absolute atomic E-state index is 0.0317. The van der Waals surface area contributed by atoms with Crippen LogP contribution < -0.4 is 15.7 Å². The maximum Gasteiger partial charge on any atom is 0.328 e. The number of nitrogens with zero attached hydrogens (tertiary/aromatic N) is 3. The Bertz CT molecular complexity index is 1110. The van der Waals surface area contributed by atoms with Crippen LogP contribution in [0.5, 0.6) is 0 Å². The fourth-order valence-corrected chi connectivity index (χ4v) is 3.83. The molecule has 0 spiro atoms. The molecule has 0 amide bonds. The smallest absolute Gasteiger partial charge is 0.328 e. The molecule has 3 rings (SSSR count). The Balaban J connectivity index is 2.10. The molecule has 0 aliphatic heterocycles. The van der Waals surface area contributed by atoms with E-state index >= 15 is 0 Å². The third-order valence-electron chi connectivity index (χ3n) is 4.07. The summed E-state index contributed by atoms with van der Waals surface area (Å²) in [7, 11) is -3.56. The summed E-state index contributed by atoms with van der Waals surface area (Å²) in [4.78, 5) is 23.9. The lowest BCUT2D eigenvalue weighted by Gasteiger charge is -2.10. The van der Waals surface area contributed by atoms with E-state index < -0.39 is 10.0 Å². The molecular weight excluding hydrogens is 380 g/mol. The number of hydrogen-bond acceptors (Lipinski definition) is 6. The molecule has 0 bridgehead atoms. The van der Waals surface area contributed by atoms with E-state index in [-0.39, 0.29) is 17.4 Å². The van der Waals surface area contributed by atoms with E-state index in [0.717, 1.165) is 12.0 Å². The summed E-state index contributed by atoms with van der Waals surface area (Å²) in [5.74, 6) is 0.307. The van der Waals surface area contributed by atoms with Crippen molar-refractivity contribution in [3.05, 3.63) is 46.4 Å². The zero-order valence-corrected chi connectivity index (χ0v) is 16.7. The number of aromatic amines is 1. The van der Waals surface area contributed by atoms with Crippen molar-refractivity contribution >= 4 is 33.0 Å². The van der Waals surface area contributed by atoms with Gasteiger partial charge >= 0.3 is 5.69 Å². The topological polar surface area (TPSA) is 122 Å². The van der Waals surface area contributed by atoms with E-state index in [1.54, 1.807) is 6.92 Å². The maximum absolute atomic E-state index is 12.5. The third-order valence-corrected chi connectivity index (χ3v) is 5.51. The van der Waals surface area contributed by atoms with Crippen molar-refractivity contribution < 1.29 is 8.42 Å². The highest BCUT2D eigenvalue weighted by Crippen LogP contribution is 2.21. The van der Waals surface area contributed by atoms with Gasteiger partial charge in [0, 0.05) is 6.54 Å². The van der Waals surface area contributed by atoms with Gasteiger partial charge < -0.3 is 10.3 Å². The van der Waals surface area contributed by atoms with Gasteiger partial charge in [0.25, 0.3) is 0 Å². The lowest BCUT2D eigenvalue weighted by molar-refractivity contribution is 0.599. The van der Waals surface area contributed by atoms with Crippen molar-refractivity contribution in [2.24, 2.45) is 0 Å². The average molecular weight is 404 g/mol. The lowest BCUT2D eigenvalue weighted by Crippen LogP contribution is -2.20. The third kappa shape index (κ3) is 4.50. The SMILES string of the molecule is CCCNc1nc(NS(=O)(=O)CCC)nc2c1[nH]c(=O)n2Cc1ccccc1. The van der Waals surface area contributed by atoms with E-state index in [9.17, 15) is 13.2 Å². The fourth-order valence-electron chi connectivity index (χ4n) is 2.82. The van der Waals surface area contributed by atoms with Crippen LogP contribution in [0.3, 0.4) is 0 Å². The Morgan fingerprint density at radius 1 is 1.11 bits per heavy atom. The van der Waals surface area contributed by atoms with Crippen LogP contribution in [0.1, 0.15) is 32.3 Å². The van der Waals surface area contributed by atoms with E-state index in [2.05, 4.69) is 25.0 Å². The maximum atomic E-state index is 12.5. The highest BCUT2D eigenvalue weighted by molar-refractivity contribution is 7.92. The molecule has 0 aliphatic carbocycles. The van der Waals surface area contributed by atoms with Gasteiger partial charge in [-0.3, -0.25) is 9.29 Å². The molecular formula is C18H24N6O3S. The first-order valence-corrected chi connectivity index (χ1v) is 10.9. The Kier molecular flexibility index (Phi) is 5.98. The van der Waals surface area contributed by atoms with Crippen LogP contribution in [0.2, 0.25) is 0 Å². The Labute approximate surface area is 163 Å². The molecule has 1 aromatic carbocycles. The largest absolute Gasteiger partial charge is 0.368 e. The van der Waals surface area contributed by atoms with Gasteiger partial charge in [-0.2, -0.15) is 9.97 Å². The highest BCUT2D eigenvalue weighted by Gasteiger charge is 2.18. The predicted octanol–water partition coefficient (Wildman–Crippen LogP) is 2.14. The zero-order valence-electron chi connectivity index (χ0n) is 15.9. The summed E-state index contributed by atoms with van der Waals surface area (Å²) in [5.41, 5.74) is 1.39.